The van der Waals surface area contributed by atoms with E-state index in [1.54, 1.807) is 0 Å². The second-order valence-electron chi connectivity index (χ2n) is 5.15. The van der Waals surface area contributed by atoms with Crippen LogP contribution >= 0.6 is 0 Å². The van der Waals surface area contributed by atoms with Gasteiger partial charge in [-0.1, -0.05) is 29.4 Å². The predicted octanol–water partition coefficient (Wildman–Crippen LogP) is 2.01. The first kappa shape index (κ1) is 12.3. The van der Waals surface area contributed by atoms with Gasteiger partial charge in [0, 0.05) is 24.8 Å². The van der Waals surface area contributed by atoms with Crippen LogP contribution in [0.25, 0.3) is 23.0 Å². The van der Waals surface area contributed by atoms with E-state index < -0.39 is 0 Å². The van der Waals surface area contributed by atoms with Crippen LogP contribution in [0.2, 0.25) is 0 Å². The van der Waals surface area contributed by atoms with Gasteiger partial charge in [0.05, 0.1) is 6.54 Å². The van der Waals surface area contributed by atoms with E-state index in [2.05, 4.69) is 25.0 Å². The molecular formula is C15H15N5O. The maximum Gasteiger partial charge on any atom is 0.278 e. The molecule has 0 saturated heterocycles. The Morgan fingerprint density at radius 2 is 2.14 bits per heavy atom. The summed E-state index contributed by atoms with van der Waals surface area (Å²) in [6.45, 7) is 4.69. The highest BCUT2D eigenvalue weighted by Crippen LogP contribution is 2.24. The molecule has 0 spiro atoms. The zero-order valence-corrected chi connectivity index (χ0v) is 11.7. The van der Waals surface area contributed by atoms with Gasteiger partial charge in [0.15, 0.2) is 0 Å². The predicted molar refractivity (Wildman–Crippen MR) is 77.4 cm³/mol. The third-order valence-electron chi connectivity index (χ3n) is 3.70. The van der Waals surface area contributed by atoms with Crippen molar-refractivity contribution >= 4 is 0 Å². The molecule has 0 amide bonds. The molecule has 106 valence electrons. The number of fused-ring (bicyclic) bond motifs is 1. The van der Waals surface area contributed by atoms with Crippen molar-refractivity contribution in [2.24, 2.45) is 0 Å². The van der Waals surface area contributed by atoms with Crippen molar-refractivity contribution < 1.29 is 4.52 Å². The molecule has 21 heavy (non-hydrogen) atoms. The highest BCUT2D eigenvalue weighted by atomic mass is 16.5. The van der Waals surface area contributed by atoms with Gasteiger partial charge in [-0.3, -0.25) is 0 Å². The summed E-state index contributed by atoms with van der Waals surface area (Å²) in [5, 5.41) is 7.37. The second kappa shape index (κ2) is 4.82. The Kier molecular flexibility index (Phi) is 2.82. The average molecular weight is 281 g/mol. The Balaban J connectivity index is 1.71. The van der Waals surface area contributed by atoms with Gasteiger partial charge in [-0.15, -0.1) is 0 Å². The lowest BCUT2D eigenvalue weighted by Gasteiger charge is -2.13. The summed E-state index contributed by atoms with van der Waals surface area (Å²) in [7, 11) is 0. The number of hydrogen-bond donors (Lipinski definition) is 1. The molecule has 6 heteroatoms. The van der Waals surface area contributed by atoms with E-state index >= 15 is 0 Å². The largest absolute Gasteiger partial charge is 0.332 e. The quantitative estimate of drug-likeness (QED) is 0.778. The SMILES string of the molecule is Cc1ccccc1-c1noc(-c2cn3c(n2)CNCC3)n1. The van der Waals surface area contributed by atoms with Crippen molar-refractivity contribution in [2.45, 2.75) is 20.0 Å². The zero-order chi connectivity index (χ0) is 14.2. The first-order valence-electron chi connectivity index (χ1n) is 6.98. The molecule has 3 heterocycles. The van der Waals surface area contributed by atoms with Crippen molar-refractivity contribution in [3.8, 4) is 23.0 Å². The molecule has 0 aliphatic carbocycles. The maximum atomic E-state index is 5.38. The third-order valence-corrected chi connectivity index (χ3v) is 3.70. The van der Waals surface area contributed by atoms with Crippen LogP contribution in [0.5, 0.6) is 0 Å². The minimum atomic E-state index is 0.468. The minimum Gasteiger partial charge on any atom is -0.332 e. The van der Waals surface area contributed by atoms with Gasteiger partial charge in [0.1, 0.15) is 11.5 Å². The lowest BCUT2D eigenvalue weighted by molar-refractivity contribution is 0.431. The summed E-state index contributed by atoms with van der Waals surface area (Å²) in [4.78, 5) is 9.04. The van der Waals surface area contributed by atoms with E-state index in [0.29, 0.717) is 11.7 Å². The van der Waals surface area contributed by atoms with Gasteiger partial charge >= 0.3 is 0 Å². The van der Waals surface area contributed by atoms with E-state index in [9.17, 15) is 0 Å². The first-order chi connectivity index (χ1) is 10.3. The number of nitrogens with zero attached hydrogens (tertiary/aromatic N) is 4. The molecule has 6 nitrogen and oxygen atoms in total. The fourth-order valence-electron chi connectivity index (χ4n) is 2.55. The van der Waals surface area contributed by atoms with Gasteiger partial charge in [0.2, 0.25) is 5.82 Å². The Morgan fingerprint density at radius 3 is 3.00 bits per heavy atom. The monoisotopic (exact) mass is 281 g/mol. The Bertz CT molecular complexity index is 765. The minimum absolute atomic E-state index is 0.468. The van der Waals surface area contributed by atoms with Gasteiger partial charge in [-0.2, -0.15) is 4.98 Å². The number of aryl methyl sites for hydroxylation is 1. The van der Waals surface area contributed by atoms with Crippen molar-refractivity contribution in [1.29, 1.82) is 0 Å². The summed E-state index contributed by atoms with van der Waals surface area (Å²) in [6.07, 6.45) is 1.98. The molecule has 0 bridgehead atoms. The molecule has 0 radical (unpaired) electrons. The Morgan fingerprint density at radius 1 is 1.24 bits per heavy atom. The standard InChI is InChI=1S/C15H15N5O/c1-10-4-2-3-5-11(10)14-18-15(21-19-14)12-9-20-7-6-16-8-13(20)17-12/h2-5,9,16H,6-8H2,1H3. The highest BCUT2D eigenvalue weighted by molar-refractivity contribution is 5.61. The van der Waals surface area contributed by atoms with E-state index in [0.717, 1.165) is 42.3 Å². The van der Waals surface area contributed by atoms with Crippen LogP contribution in [0.3, 0.4) is 0 Å². The van der Waals surface area contributed by atoms with Gasteiger partial charge in [0.25, 0.3) is 5.89 Å². The summed E-state index contributed by atoms with van der Waals surface area (Å²) in [5.74, 6) is 2.08. The van der Waals surface area contributed by atoms with Gasteiger partial charge in [-0.05, 0) is 12.5 Å². The van der Waals surface area contributed by atoms with Crippen LogP contribution in [0.1, 0.15) is 11.4 Å². The number of hydrogen-bond acceptors (Lipinski definition) is 5. The average Bonchev–Trinajstić information content (AvgIpc) is 3.14. The fraction of sp³-hybridized carbons (Fsp3) is 0.267. The third kappa shape index (κ3) is 2.13. The molecule has 0 fully saturated rings. The fourth-order valence-corrected chi connectivity index (χ4v) is 2.55. The van der Waals surface area contributed by atoms with E-state index in [4.69, 9.17) is 4.52 Å². The van der Waals surface area contributed by atoms with Gasteiger partial charge in [-0.25, -0.2) is 4.98 Å². The molecule has 1 aromatic carbocycles. The Hall–Kier alpha value is -2.47. The summed E-state index contributed by atoms with van der Waals surface area (Å²) in [5.41, 5.74) is 2.84. The van der Waals surface area contributed by atoms with Crippen molar-refractivity contribution in [2.75, 3.05) is 6.54 Å². The normalized spacial score (nSPS) is 14.1. The molecule has 4 rings (SSSR count). The van der Waals surface area contributed by atoms with E-state index in [1.165, 1.54) is 0 Å². The topological polar surface area (TPSA) is 68.8 Å². The first-order valence-corrected chi connectivity index (χ1v) is 6.98. The number of nitrogens with one attached hydrogen (secondary N) is 1. The van der Waals surface area contributed by atoms with E-state index in [-0.39, 0.29) is 0 Å². The zero-order valence-electron chi connectivity index (χ0n) is 11.7. The van der Waals surface area contributed by atoms with Crippen molar-refractivity contribution in [1.82, 2.24) is 25.0 Å². The molecule has 0 atom stereocenters. The van der Waals surface area contributed by atoms with E-state index in [1.807, 2.05) is 37.4 Å². The lowest BCUT2D eigenvalue weighted by atomic mass is 10.1. The smallest absolute Gasteiger partial charge is 0.278 e. The molecule has 2 aromatic heterocycles. The van der Waals surface area contributed by atoms with Crippen LogP contribution in [-0.2, 0) is 13.1 Å². The number of rotatable bonds is 2. The molecule has 0 saturated carbocycles. The van der Waals surface area contributed by atoms with Crippen LogP contribution < -0.4 is 5.32 Å². The number of imidazole rings is 1. The summed E-state index contributed by atoms with van der Waals surface area (Å²) < 4.78 is 7.51. The van der Waals surface area contributed by atoms with Crippen molar-refractivity contribution in [3.05, 3.63) is 41.9 Å². The Labute approximate surface area is 121 Å². The molecule has 3 aromatic rings. The molecule has 1 aliphatic heterocycles. The molecule has 1 aliphatic rings. The summed E-state index contributed by atoms with van der Waals surface area (Å²) >= 11 is 0. The van der Waals surface area contributed by atoms with Crippen LogP contribution in [0.4, 0.5) is 0 Å². The molecule has 1 N–H and O–H groups in total. The van der Waals surface area contributed by atoms with Crippen molar-refractivity contribution in [3.63, 3.8) is 0 Å². The van der Waals surface area contributed by atoms with Crippen LogP contribution in [-0.4, -0.2) is 26.2 Å². The lowest BCUT2D eigenvalue weighted by Crippen LogP contribution is -2.27. The number of aromatic nitrogens is 4. The molecule has 0 unspecified atom stereocenters. The highest BCUT2D eigenvalue weighted by Gasteiger charge is 2.18. The second-order valence-corrected chi connectivity index (χ2v) is 5.15. The van der Waals surface area contributed by atoms with Gasteiger partial charge < -0.3 is 14.4 Å². The van der Waals surface area contributed by atoms with Crippen LogP contribution in [0, 0.1) is 6.92 Å². The van der Waals surface area contributed by atoms with Crippen LogP contribution in [0.15, 0.2) is 35.0 Å². The summed E-state index contributed by atoms with van der Waals surface area (Å²) in [6, 6.07) is 7.99. The number of benzene rings is 1. The molecular weight excluding hydrogens is 266 g/mol. The maximum absolute atomic E-state index is 5.38.